The summed E-state index contributed by atoms with van der Waals surface area (Å²) >= 11 is 7.60. The minimum absolute atomic E-state index is 0.333. The van der Waals surface area contributed by atoms with E-state index in [2.05, 4.69) is 0 Å². The first-order chi connectivity index (χ1) is 10.0. The number of hydrogen-bond donors (Lipinski definition) is 1. The van der Waals surface area contributed by atoms with Gasteiger partial charge in [-0.25, -0.2) is 4.79 Å². The Labute approximate surface area is 133 Å². The highest BCUT2D eigenvalue weighted by molar-refractivity contribution is 7.98. The first-order valence-electron chi connectivity index (χ1n) is 6.39. The molecular formula is C16H16ClNO2S. The molecule has 0 unspecified atom stereocenters. The Bertz CT molecular complexity index is 660. The Hall–Kier alpha value is -1.65. The first kappa shape index (κ1) is 15.7. The van der Waals surface area contributed by atoms with Gasteiger partial charge in [0.2, 0.25) is 0 Å². The largest absolute Gasteiger partial charge is 0.478 e. The van der Waals surface area contributed by atoms with E-state index in [1.165, 1.54) is 11.8 Å². The predicted molar refractivity (Wildman–Crippen MR) is 88.7 cm³/mol. The minimum Gasteiger partial charge on any atom is -0.478 e. The van der Waals surface area contributed by atoms with Crippen molar-refractivity contribution >= 4 is 35.0 Å². The van der Waals surface area contributed by atoms with Crippen LogP contribution in [0.5, 0.6) is 0 Å². The maximum atomic E-state index is 11.6. The number of nitrogens with zero attached hydrogens (tertiary/aromatic N) is 1. The van der Waals surface area contributed by atoms with Crippen LogP contribution < -0.4 is 4.90 Å². The van der Waals surface area contributed by atoms with Gasteiger partial charge in [-0.15, -0.1) is 11.8 Å². The van der Waals surface area contributed by atoms with E-state index in [4.69, 9.17) is 11.6 Å². The van der Waals surface area contributed by atoms with Crippen LogP contribution in [0.4, 0.5) is 5.69 Å². The molecule has 2 aromatic rings. The van der Waals surface area contributed by atoms with E-state index >= 15 is 0 Å². The average molecular weight is 322 g/mol. The fourth-order valence-corrected chi connectivity index (χ4v) is 3.00. The number of hydrogen-bond acceptors (Lipinski definition) is 3. The molecule has 0 spiro atoms. The minimum atomic E-state index is -0.916. The van der Waals surface area contributed by atoms with Gasteiger partial charge in [-0.3, -0.25) is 0 Å². The summed E-state index contributed by atoms with van der Waals surface area (Å²) in [4.78, 5) is 14.2. The number of rotatable bonds is 5. The van der Waals surface area contributed by atoms with Gasteiger partial charge in [-0.2, -0.15) is 0 Å². The van der Waals surface area contributed by atoms with Gasteiger partial charge < -0.3 is 10.0 Å². The van der Waals surface area contributed by atoms with Gasteiger partial charge in [0.25, 0.3) is 0 Å². The molecule has 3 nitrogen and oxygen atoms in total. The van der Waals surface area contributed by atoms with Crippen LogP contribution in [0.25, 0.3) is 0 Å². The Balaban J connectivity index is 2.37. The molecule has 0 aliphatic rings. The Morgan fingerprint density at radius 1 is 1.24 bits per heavy atom. The Morgan fingerprint density at radius 3 is 2.57 bits per heavy atom. The smallest absolute Gasteiger partial charge is 0.338 e. The van der Waals surface area contributed by atoms with Crippen molar-refractivity contribution in [2.24, 2.45) is 0 Å². The zero-order valence-corrected chi connectivity index (χ0v) is 13.4. The molecule has 0 aromatic heterocycles. The maximum absolute atomic E-state index is 11.6. The second-order valence-electron chi connectivity index (χ2n) is 4.61. The number of aromatic carboxylic acids is 1. The average Bonchev–Trinajstić information content (AvgIpc) is 2.48. The van der Waals surface area contributed by atoms with Crippen molar-refractivity contribution in [3.05, 3.63) is 58.6 Å². The monoisotopic (exact) mass is 321 g/mol. The summed E-state index contributed by atoms with van der Waals surface area (Å²) in [6.07, 6.45) is 1.87. The zero-order chi connectivity index (χ0) is 15.4. The number of halogens is 1. The van der Waals surface area contributed by atoms with E-state index in [-0.39, 0.29) is 0 Å². The normalized spacial score (nSPS) is 10.4. The molecular weight excluding hydrogens is 306 g/mol. The van der Waals surface area contributed by atoms with Crippen LogP contribution in [0.3, 0.4) is 0 Å². The third-order valence-corrected chi connectivity index (χ3v) is 4.36. The van der Waals surface area contributed by atoms with Crippen molar-refractivity contribution in [2.75, 3.05) is 18.2 Å². The number of carboxylic acids is 1. The van der Waals surface area contributed by atoms with E-state index in [1.54, 1.807) is 0 Å². The maximum Gasteiger partial charge on any atom is 0.338 e. The lowest BCUT2D eigenvalue weighted by Gasteiger charge is -2.23. The summed E-state index contributed by atoms with van der Waals surface area (Å²) in [5.74, 6) is -0.916. The molecule has 0 atom stereocenters. The van der Waals surface area contributed by atoms with Crippen LogP contribution in [-0.2, 0) is 6.54 Å². The van der Waals surface area contributed by atoms with E-state index in [0.717, 1.165) is 10.5 Å². The quantitative estimate of drug-likeness (QED) is 0.829. The van der Waals surface area contributed by atoms with E-state index in [1.807, 2.05) is 60.7 Å². The Morgan fingerprint density at radius 2 is 1.95 bits per heavy atom. The number of carbonyl (C=O) groups is 1. The van der Waals surface area contributed by atoms with Crippen molar-refractivity contribution in [1.82, 2.24) is 0 Å². The number of anilines is 1. The molecule has 0 aliphatic carbocycles. The molecule has 0 amide bonds. The van der Waals surface area contributed by atoms with Gasteiger partial charge in [0.05, 0.1) is 11.3 Å². The molecule has 0 aliphatic heterocycles. The fourth-order valence-electron chi connectivity index (χ4n) is 2.19. The molecule has 0 fully saturated rings. The summed E-state index contributed by atoms with van der Waals surface area (Å²) in [6, 6.07) is 13.1. The van der Waals surface area contributed by atoms with Gasteiger partial charge in [-0.05, 0) is 30.0 Å². The lowest BCUT2D eigenvalue weighted by Crippen LogP contribution is -2.20. The van der Waals surface area contributed by atoms with Crippen molar-refractivity contribution < 1.29 is 9.90 Å². The second kappa shape index (κ2) is 6.87. The highest BCUT2D eigenvalue weighted by Gasteiger charge is 2.18. The highest BCUT2D eigenvalue weighted by Crippen LogP contribution is 2.30. The summed E-state index contributed by atoms with van der Waals surface area (Å²) < 4.78 is 0. The van der Waals surface area contributed by atoms with E-state index < -0.39 is 5.97 Å². The van der Waals surface area contributed by atoms with Gasteiger partial charge in [-0.1, -0.05) is 35.9 Å². The highest BCUT2D eigenvalue weighted by atomic mass is 35.5. The van der Waals surface area contributed by atoms with Crippen LogP contribution in [0.2, 0.25) is 5.02 Å². The SMILES string of the molecule is CSc1cccc(N(C)Cc2ccccc2Cl)c1C(=O)O. The van der Waals surface area contributed by atoms with E-state index in [0.29, 0.717) is 22.8 Å². The van der Waals surface area contributed by atoms with Gasteiger partial charge in [0, 0.05) is 23.5 Å². The molecule has 0 saturated heterocycles. The first-order valence-corrected chi connectivity index (χ1v) is 7.99. The van der Waals surface area contributed by atoms with Gasteiger partial charge >= 0.3 is 5.97 Å². The van der Waals surface area contributed by atoms with Crippen molar-refractivity contribution in [3.63, 3.8) is 0 Å². The number of carboxylic acid groups (broad SMARTS) is 1. The second-order valence-corrected chi connectivity index (χ2v) is 5.86. The summed E-state index contributed by atoms with van der Waals surface area (Å²) in [7, 11) is 1.87. The van der Waals surface area contributed by atoms with Gasteiger partial charge in [0.15, 0.2) is 0 Å². The standard InChI is InChI=1S/C16H16ClNO2S/c1-18(10-11-6-3-4-7-12(11)17)13-8-5-9-14(21-2)15(13)16(19)20/h3-9H,10H2,1-2H3,(H,19,20). The zero-order valence-electron chi connectivity index (χ0n) is 11.8. The van der Waals surface area contributed by atoms with Crippen LogP contribution in [0, 0.1) is 0 Å². The molecule has 0 radical (unpaired) electrons. The third kappa shape index (κ3) is 3.52. The molecule has 2 aromatic carbocycles. The molecule has 21 heavy (non-hydrogen) atoms. The number of benzene rings is 2. The van der Waals surface area contributed by atoms with Crippen LogP contribution in [0.15, 0.2) is 47.4 Å². The Kier molecular flexibility index (Phi) is 5.15. The summed E-state index contributed by atoms with van der Waals surface area (Å²) in [5.41, 5.74) is 1.99. The molecule has 2 rings (SSSR count). The van der Waals surface area contributed by atoms with E-state index in [9.17, 15) is 9.90 Å². The van der Waals surface area contributed by atoms with Crippen molar-refractivity contribution in [1.29, 1.82) is 0 Å². The summed E-state index contributed by atoms with van der Waals surface area (Å²) in [6.45, 7) is 0.553. The van der Waals surface area contributed by atoms with Crippen molar-refractivity contribution in [3.8, 4) is 0 Å². The third-order valence-electron chi connectivity index (χ3n) is 3.21. The predicted octanol–water partition coefficient (Wildman–Crippen LogP) is 4.40. The lowest BCUT2D eigenvalue weighted by molar-refractivity contribution is 0.0694. The van der Waals surface area contributed by atoms with Crippen LogP contribution >= 0.6 is 23.4 Å². The van der Waals surface area contributed by atoms with Crippen LogP contribution in [-0.4, -0.2) is 24.4 Å². The fraction of sp³-hybridized carbons (Fsp3) is 0.188. The molecule has 5 heteroatoms. The topological polar surface area (TPSA) is 40.5 Å². The molecule has 0 saturated carbocycles. The number of thioether (sulfide) groups is 1. The molecule has 0 heterocycles. The summed E-state index contributed by atoms with van der Waals surface area (Å²) in [5, 5.41) is 10.2. The van der Waals surface area contributed by atoms with Crippen LogP contribution in [0.1, 0.15) is 15.9 Å². The van der Waals surface area contributed by atoms with Crippen molar-refractivity contribution in [2.45, 2.75) is 11.4 Å². The molecule has 1 N–H and O–H groups in total. The van der Waals surface area contributed by atoms with Gasteiger partial charge in [0.1, 0.15) is 0 Å². The lowest BCUT2D eigenvalue weighted by atomic mass is 10.1. The molecule has 110 valence electrons. The molecule has 0 bridgehead atoms.